The lowest BCUT2D eigenvalue weighted by molar-refractivity contribution is -0.0892. The normalized spacial score (nSPS) is 34.2. The lowest BCUT2D eigenvalue weighted by atomic mass is 9.65. The molecule has 2 saturated carbocycles. The maximum absolute atomic E-state index is 11.7. The Morgan fingerprint density at radius 2 is 2.05 bits per heavy atom. The Morgan fingerprint density at radius 3 is 2.73 bits per heavy atom. The van der Waals surface area contributed by atoms with E-state index in [1.807, 2.05) is 12.1 Å². The van der Waals surface area contributed by atoms with Gasteiger partial charge in [0.05, 0.1) is 12.7 Å². The van der Waals surface area contributed by atoms with Crippen molar-refractivity contribution in [2.45, 2.75) is 38.2 Å². The van der Waals surface area contributed by atoms with Gasteiger partial charge in [-0.05, 0) is 75.4 Å². The summed E-state index contributed by atoms with van der Waals surface area (Å²) in [6, 6.07) is 6.22. The van der Waals surface area contributed by atoms with Crippen molar-refractivity contribution in [2.75, 3.05) is 27.7 Å². The Bertz CT molecular complexity index is 542. The van der Waals surface area contributed by atoms with Crippen molar-refractivity contribution >= 4 is 0 Å². The Kier molecular flexibility index (Phi) is 4.21. The zero-order valence-corrected chi connectivity index (χ0v) is 14.3. The molecular weight excluding hydrogens is 274 g/mol. The summed E-state index contributed by atoms with van der Waals surface area (Å²) < 4.78 is 5.44. The fourth-order valence-electron chi connectivity index (χ4n) is 4.79. The molecule has 0 heterocycles. The van der Waals surface area contributed by atoms with Gasteiger partial charge in [-0.1, -0.05) is 12.5 Å². The molecule has 0 aromatic heterocycles. The van der Waals surface area contributed by atoms with E-state index in [0.29, 0.717) is 17.8 Å². The number of hydrogen-bond donors (Lipinski definition) is 1. The standard InChI is InChI=1S/C19H29NO2/c1-13-7-16(10-17(8-13)22-4)19(21)11-14-5-6-15(9-14)18(19)12-20(2)3/h7-8,10,14-15,18,21H,5-6,9,11-12H2,1-4H3/t14-,15?,18+,19?/m1/s1. The zero-order chi connectivity index (χ0) is 15.9. The number of benzene rings is 1. The van der Waals surface area contributed by atoms with E-state index < -0.39 is 5.60 Å². The molecule has 4 atom stereocenters. The predicted molar refractivity (Wildman–Crippen MR) is 89.1 cm³/mol. The number of ether oxygens (including phenoxy) is 1. The van der Waals surface area contributed by atoms with E-state index in [2.05, 4.69) is 32.0 Å². The molecule has 122 valence electrons. The number of aliphatic hydroxyl groups is 1. The van der Waals surface area contributed by atoms with Gasteiger partial charge in [0.15, 0.2) is 0 Å². The fourth-order valence-corrected chi connectivity index (χ4v) is 4.79. The quantitative estimate of drug-likeness (QED) is 0.927. The monoisotopic (exact) mass is 303 g/mol. The number of hydrogen-bond acceptors (Lipinski definition) is 3. The van der Waals surface area contributed by atoms with E-state index in [1.165, 1.54) is 19.3 Å². The Morgan fingerprint density at radius 1 is 1.27 bits per heavy atom. The van der Waals surface area contributed by atoms with Crippen LogP contribution in [-0.4, -0.2) is 37.8 Å². The highest BCUT2D eigenvalue weighted by molar-refractivity contribution is 5.38. The van der Waals surface area contributed by atoms with Crippen molar-refractivity contribution in [3.63, 3.8) is 0 Å². The Balaban J connectivity index is 2.02. The molecule has 1 aromatic rings. The SMILES string of the molecule is COc1cc(C)cc(C2(O)C[C@@H]3CCC(C3)[C@@H]2CN(C)C)c1. The van der Waals surface area contributed by atoms with Crippen molar-refractivity contribution in [1.29, 1.82) is 0 Å². The summed E-state index contributed by atoms with van der Waals surface area (Å²) in [4.78, 5) is 2.22. The number of rotatable bonds is 4. The van der Waals surface area contributed by atoms with Crippen LogP contribution in [0.5, 0.6) is 5.75 Å². The second-order valence-electron chi connectivity index (χ2n) is 7.68. The molecule has 2 fully saturated rings. The van der Waals surface area contributed by atoms with Crippen LogP contribution in [0, 0.1) is 24.7 Å². The van der Waals surface area contributed by atoms with Crippen molar-refractivity contribution in [2.24, 2.45) is 17.8 Å². The third kappa shape index (κ3) is 2.77. The fraction of sp³-hybridized carbons (Fsp3) is 0.684. The van der Waals surface area contributed by atoms with Crippen molar-refractivity contribution in [3.05, 3.63) is 29.3 Å². The summed E-state index contributed by atoms with van der Waals surface area (Å²) in [5.74, 6) is 2.50. The highest BCUT2D eigenvalue weighted by atomic mass is 16.5. The maximum atomic E-state index is 11.7. The van der Waals surface area contributed by atoms with E-state index in [9.17, 15) is 5.11 Å². The minimum absolute atomic E-state index is 0.313. The molecule has 3 heteroatoms. The first-order valence-corrected chi connectivity index (χ1v) is 8.45. The molecule has 0 saturated heterocycles. The highest BCUT2D eigenvalue weighted by Gasteiger charge is 2.51. The molecule has 0 amide bonds. The Hall–Kier alpha value is -1.06. The first-order valence-electron chi connectivity index (χ1n) is 8.45. The number of fused-ring (bicyclic) bond motifs is 2. The van der Waals surface area contributed by atoms with E-state index in [4.69, 9.17) is 4.74 Å². The first kappa shape index (κ1) is 15.8. The van der Waals surface area contributed by atoms with Crippen LogP contribution in [0.2, 0.25) is 0 Å². The molecule has 1 aromatic carbocycles. The smallest absolute Gasteiger partial charge is 0.119 e. The van der Waals surface area contributed by atoms with Crippen LogP contribution < -0.4 is 4.74 Å². The number of nitrogens with zero attached hydrogens (tertiary/aromatic N) is 1. The van der Waals surface area contributed by atoms with Crippen molar-refractivity contribution in [1.82, 2.24) is 4.90 Å². The summed E-state index contributed by atoms with van der Waals surface area (Å²) in [7, 11) is 5.92. The number of aryl methyl sites for hydroxylation is 1. The molecule has 22 heavy (non-hydrogen) atoms. The molecule has 3 rings (SSSR count). The molecular formula is C19H29NO2. The average Bonchev–Trinajstić information content (AvgIpc) is 2.86. The van der Waals surface area contributed by atoms with Gasteiger partial charge in [-0.25, -0.2) is 0 Å². The van der Waals surface area contributed by atoms with Crippen LogP contribution in [0.3, 0.4) is 0 Å². The minimum atomic E-state index is -0.715. The lowest BCUT2D eigenvalue weighted by Gasteiger charge is -2.45. The molecule has 2 bridgehead atoms. The average molecular weight is 303 g/mol. The molecule has 3 nitrogen and oxygen atoms in total. The third-order valence-corrected chi connectivity index (χ3v) is 5.71. The van der Waals surface area contributed by atoms with Gasteiger partial charge in [0.1, 0.15) is 5.75 Å². The van der Waals surface area contributed by atoms with Crippen LogP contribution in [0.25, 0.3) is 0 Å². The van der Waals surface area contributed by atoms with Crippen molar-refractivity contribution in [3.8, 4) is 5.75 Å². The molecule has 0 aliphatic heterocycles. The van der Waals surface area contributed by atoms with Crippen LogP contribution in [-0.2, 0) is 5.60 Å². The van der Waals surface area contributed by atoms with Gasteiger partial charge in [-0.3, -0.25) is 0 Å². The topological polar surface area (TPSA) is 32.7 Å². The second kappa shape index (κ2) is 5.86. The van der Waals surface area contributed by atoms with E-state index >= 15 is 0 Å². The first-order chi connectivity index (χ1) is 10.4. The van der Waals surface area contributed by atoms with Crippen LogP contribution in [0.1, 0.15) is 36.8 Å². The summed E-state index contributed by atoms with van der Waals surface area (Å²) in [5, 5.41) is 11.7. The van der Waals surface area contributed by atoms with Crippen molar-refractivity contribution < 1.29 is 9.84 Å². The summed E-state index contributed by atoms with van der Waals surface area (Å²) in [5.41, 5.74) is 1.49. The molecule has 2 aliphatic carbocycles. The van der Waals surface area contributed by atoms with Gasteiger partial charge in [-0.15, -0.1) is 0 Å². The largest absolute Gasteiger partial charge is 0.497 e. The highest BCUT2D eigenvalue weighted by Crippen LogP contribution is 2.54. The van der Waals surface area contributed by atoms with Gasteiger partial charge in [0.2, 0.25) is 0 Å². The predicted octanol–water partition coefficient (Wildman–Crippen LogP) is 3.19. The number of methoxy groups -OCH3 is 1. The van der Waals surface area contributed by atoms with E-state index in [1.54, 1.807) is 7.11 Å². The van der Waals surface area contributed by atoms with Gasteiger partial charge in [-0.2, -0.15) is 0 Å². The van der Waals surface area contributed by atoms with Crippen LogP contribution in [0.15, 0.2) is 18.2 Å². The maximum Gasteiger partial charge on any atom is 0.119 e. The zero-order valence-electron chi connectivity index (χ0n) is 14.3. The van der Waals surface area contributed by atoms with Crippen LogP contribution >= 0.6 is 0 Å². The molecule has 0 radical (unpaired) electrons. The summed E-state index contributed by atoms with van der Waals surface area (Å²) in [6.07, 6.45) is 4.74. The van der Waals surface area contributed by atoms with Gasteiger partial charge < -0.3 is 14.7 Å². The third-order valence-electron chi connectivity index (χ3n) is 5.71. The van der Waals surface area contributed by atoms with E-state index in [0.717, 1.165) is 29.8 Å². The van der Waals surface area contributed by atoms with E-state index in [-0.39, 0.29) is 0 Å². The molecule has 2 unspecified atom stereocenters. The Labute approximate surface area is 134 Å². The summed E-state index contributed by atoms with van der Waals surface area (Å²) >= 11 is 0. The van der Waals surface area contributed by atoms with Crippen LogP contribution in [0.4, 0.5) is 0 Å². The van der Waals surface area contributed by atoms with Gasteiger partial charge in [0, 0.05) is 12.5 Å². The molecule has 1 N–H and O–H groups in total. The van der Waals surface area contributed by atoms with Gasteiger partial charge in [0.25, 0.3) is 0 Å². The molecule has 2 aliphatic rings. The summed E-state index contributed by atoms with van der Waals surface area (Å²) in [6.45, 7) is 3.03. The second-order valence-corrected chi connectivity index (χ2v) is 7.68. The lowest BCUT2D eigenvalue weighted by Crippen LogP contribution is -2.47. The molecule has 0 spiro atoms. The minimum Gasteiger partial charge on any atom is -0.497 e. The van der Waals surface area contributed by atoms with Gasteiger partial charge >= 0.3 is 0 Å².